The number of thiocarbonyl (C=S) groups is 1. The van der Waals surface area contributed by atoms with Crippen LogP contribution < -0.4 is 15.8 Å². The Morgan fingerprint density at radius 3 is 2.78 bits per heavy atom. The van der Waals surface area contributed by atoms with Crippen LogP contribution in [0.1, 0.15) is 18.4 Å². The van der Waals surface area contributed by atoms with Crippen LogP contribution in [0.2, 0.25) is 5.02 Å². The summed E-state index contributed by atoms with van der Waals surface area (Å²) >= 11 is 11.6. The number of anilines is 1. The van der Waals surface area contributed by atoms with Crippen LogP contribution in [0.15, 0.2) is 12.1 Å². The predicted octanol–water partition coefficient (Wildman–Crippen LogP) is 1.65. The van der Waals surface area contributed by atoms with Gasteiger partial charge in [-0.1, -0.05) is 23.8 Å². The summed E-state index contributed by atoms with van der Waals surface area (Å²) < 4.78 is 5.33. The fourth-order valence-electron chi connectivity index (χ4n) is 3.59. The van der Waals surface area contributed by atoms with Crippen molar-refractivity contribution in [1.82, 2.24) is 10.2 Å². The Morgan fingerprint density at radius 1 is 1.52 bits per heavy atom. The SMILES string of the molecule is COc1cc(N)c(Cl)cc1C(=S)NCC1(O)CN2CCC1CC2. The molecule has 1 aromatic rings. The zero-order chi connectivity index (χ0) is 16.6. The predicted molar refractivity (Wildman–Crippen MR) is 96.2 cm³/mol. The molecule has 1 unspecified atom stereocenters. The minimum Gasteiger partial charge on any atom is -0.496 e. The van der Waals surface area contributed by atoms with E-state index in [4.69, 9.17) is 34.3 Å². The maximum Gasteiger partial charge on any atom is 0.131 e. The van der Waals surface area contributed by atoms with E-state index in [-0.39, 0.29) is 0 Å². The Morgan fingerprint density at radius 2 is 2.22 bits per heavy atom. The van der Waals surface area contributed by atoms with Crippen LogP contribution in [-0.4, -0.2) is 53.9 Å². The van der Waals surface area contributed by atoms with E-state index in [9.17, 15) is 5.11 Å². The van der Waals surface area contributed by atoms with Gasteiger partial charge in [-0.3, -0.25) is 0 Å². The second kappa shape index (κ2) is 6.43. The lowest BCUT2D eigenvalue weighted by molar-refractivity contribution is -0.107. The monoisotopic (exact) mass is 355 g/mol. The highest BCUT2D eigenvalue weighted by Gasteiger charge is 2.45. The Bertz CT molecular complexity index is 620. The molecule has 1 atom stereocenters. The zero-order valence-electron chi connectivity index (χ0n) is 13.1. The first-order valence-electron chi connectivity index (χ1n) is 7.79. The summed E-state index contributed by atoms with van der Waals surface area (Å²) in [5.41, 5.74) is 6.20. The Labute approximate surface area is 146 Å². The summed E-state index contributed by atoms with van der Waals surface area (Å²) in [4.78, 5) is 2.82. The Balaban J connectivity index is 1.71. The number of nitrogens with one attached hydrogen (secondary N) is 1. The third kappa shape index (κ3) is 3.26. The van der Waals surface area contributed by atoms with Crippen LogP contribution in [0.4, 0.5) is 5.69 Å². The second-order valence-electron chi connectivity index (χ2n) is 6.41. The van der Waals surface area contributed by atoms with Gasteiger partial charge in [0.05, 0.1) is 29.0 Å². The number of benzene rings is 1. The molecule has 0 aliphatic carbocycles. The smallest absolute Gasteiger partial charge is 0.131 e. The molecule has 0 radical (unpaired) electrons. The van der Waals surface area contributed by atoms with Crippen molar-refractivity contribution >= 4 is 34.5 Å². The van der Waals surface area contributed by atoms with E-state index in [0.717, 1.165) is 25.9 Å². The molecule has 3 fully saturated rings. The number of nitrogens with zero attached hydrogens (tertiary/aromatic N) is 1. The first kappa shape index (κ1) is 16.8. The molecule has 1 aromatic carbocycles. The van der Waals surface area contributed by atoms with E-state index >= 15 is 0 Å². The summed E-state index contributed by atoms with van der Waals surface area (Å²) in [5.74, 6) is 0.907. The first-order chi connectivity index (χ1) is 10.9. The minimum atomic E-state index is -0.731. The van der Waals surface area contributed by atoms with Gasteiger partial charge >= 0.3 is 0 Å². The van der Waals surface area contributed by atoms with Crippen LogP contribution in [0.3, 0.4) is 0 Å². The maximum absolute atomic E-state index is 10.9. The van der Waals surface area contributed by atoms with Crippen LogP contribution in [0.25, 0.3) is 0 Å². The van der Waals surface area contributed by atoms with Crippen LogP contribution >= 0.6 is 23.8 Å². The molecule has 4 N–H and O–H groups in total. The lowest BCUT2D eigenvalue weighted by Crippen LogP contribution is -2.63. The minimum absolute atomic E-state index is 0.333. The molecule has 7 heteroatoms. The van der Waals surface area contributed by atoms with E-state index in [0.29, 0.717) is 46.0 Å². The number of halogens is 1. The highest BCUT2D eigenvalue weighted by molar-refractivity contribution is 7.80. The van der Waals surface area contributed by atoms with Crippen molar-refractivity contribution < 1.29 is 9.84 Å². The molecule has 3 saturated heterocycles. The van der Waals surface area contributed by atoms with Gasteiger partial charge in [0.1, 0.15) is 10.7 Å². The van der Waals surface area contributed by atoms with Crippen molar-refractivity contribution in [1.29, 1.82) is 0 Å². The molecule has 0 spiro atoms. The third-order valence-electron chi connectivity index (χ3n) is 4.96. The summed E-state index contributed by atoms with van der Waals surface area (Å²) in [5, 5.41) is 14.6. The highest BCUT2D eigenvalue weighted by Crippen LogP contribution is 2.35. The molecular weight excluding hydrogens is 334 g/mol. The highest BCUT2D eigenvalue weighted by atomic mass is 35.5. The van der Waals surface area contributed by atoms with E-state index in [1.165, 1.54) is 0 Å². The van der Waals surface area contributed by atoms with Gasteiger partial charge in [0.15, 0.2) is 0 Å². The maximum atomic E-state index is 10.9. The number of nitrogen functional groups attached to an aromatic ring is 1. The van der Waals surface area contributed by atoms with Crippen molar-refractivity contribution in [2.24, 2.45) is 5.92 Å². The van der Waals surface area contributed by atoms with Gasteiger partial charge in [-0.2, -0.15) is 0 Å². The van der Waals surface area contributed by atoms with Crippen molar-refractivity contribution in [3.63, 3.8) is 0 Å². The molecule has 3 aliphatic rings. The third-order valence-corrected chi connectivity index (χ3v) is 5.65. The van der Waals surface area contributed by atoms with Gasteiger partial charge in [-0.15, -0.1) is 0 Å². The molecule has 0 amide bonds. The van der Waals surface area contributed by atoms with Crippen LogP contribution in [-0.2, 0) is 0 Å². The van der Waals surface area contributed by atoms with Gasteiger partial charge in [0, 0.05) is 19.2 Å². The summed E-state index contributed by atoms with van der Waals surface area (Å²) in [6.45, 7) is 3.29. The number of fused-ring (bicyclic) bond motifs is 3. The van der Waals surface area contributed by atoms with Crippen molar-refractivity contribution in [2.45, 2.75) is 18.4 Å². The molecule has 3 heterocycles. The summed E-state index contributed by atoms with van der Waals surface area (Å²) in [7, 11) is 1.57. The van der Waals surface area contributed by atoms with E-state index in [1.807, 2.05) is 0 Å². The zero-order valence-corrected chi connectivity index (χ0v) is 14.7. The molecule has 23 heavy (non-hydrogen) atoms. The standard InChI is InChI=1S/C16H22ClN3O2S/c1-22-14-7-13(18)12(17)6-11(14)15(23)19-8-16(21)9-20-4-2-10(16)3-5-20/h6-7,10,21H,2-5,8-9,18H2,1H3,(H,19,23). The largest absolute Gasteiger partial charge is 0.496 e. The molecule has 3 aliphatic heterocycles. The number of hydrogen-bond donors (Lipinski definition) is 3. The van der Waals surface area contributed by atoms with Crippen LogP contribution in [0.5, 0.6) is 5.75 Å². The normalized spacial score (nSPS) is 29.3. The van der Waals surface area contributed by atoms with E-state index in [1.54, 1.807) is 19.2 Å². The van der Waals surface area contributed by atoms with Gasteiger partial charge < -0.3 is 25.8 Å². The molecule has 0 saturated carbocycles. The average molecular weight is 356 g/mol. The number of rotatable bonds is 4. The quantitative estimate of drug-likeness (QED) is 0.563. The number of methoxy groups -OCH3 is 1. The number of piperidine rings is 3. The van der Waals surface area contributed by atoms with Crippen molar-refractivity contribution in [3.05, 3.63) is 22.7 Å². The van der Waals surface area contributed by atoms with Crippen molar-refractivity contribution in [2.75, 3.05) is 39.0 Å². The fraction of sp³-hybridized carbons (Fsp3) is 0.562. The summed E-state index contributed by atoms with van der Waals surface area (Å²) in [6, 6.07) is 3.36. The van der Waals surface area contributed by atoms with E-state index in [2.05, 4.69) is 10.2 Å². The topological polar surface area (TPSA) is 70.8 Å². The summed E-state index contributed by atoms with van der Waals surface area (Å²) in [6.07, 6.45) is 2.09. The van der Waals surface area contributed by atoms with Gasteiger partial charge in [0.25, 0.3) is 0 Å². The molecule has 126 valence electrons. The fourth-order valence-corrected chi connectivity index (χ4v) is 3.98. The van der Waals surface area contributed by atoms with E-state index < -0.39 is 5.60 Å². The molecule has 4 rings (SSSR count). The lowest BCUT2D eigenvalue weighted by atomic mass is 9.75. The number of nitrogens with two attached hydrogens (primary N) is 1. The van der Waals surface area contributed by atoms with Crippen LogP contribution in [0, 0.1) is 5.92 Å². The molecular formula is C16H22ClN3O2S. The number of hydrogen-bond acceptors (Lipinski definition) is 5. The van der Waals surface area contributed by atoms with Crippen molar-refractivity contribution in [3.8, 4) is 5.75 Å². The number of ether oxygens (including phenoxy) is 1. The molecule has 0 aromatic heterocycles. The first-order valence-corrected chi connectivity index (χ1v) is 8.57. The Kier molecular flexibility index (Phi) is 4.69. The van der Waals surface area contributed by atoms with Gasteiger partial charge in [-0.05, 0) is 37.9 Å². The molecule has 2 bridgehead atoms. The lowest BCUT2D eigenvalue weighted by Gasteiger charge is -2.50. The Hall–Kier alpha value is -1.08. The van der Waals surface area contributed by atoms with Gasteiger partial charge in [-0.25, -0.2) is 0 Å². The average Bonchev–Trinajstić information content (AvgIpc) is 2.55. The number of aliphatic hydroxyl groups is 1. The van der Waals surface area contributed by atoms with Gasteiger partial charge in [0.2, 0.25) is 0 Å². The second-order valence-corrected chi connectivity index (χ2v) is 7.23. The molecule has 5 nitrogen and oxygen atoms in total.